The maximum Gasteiger partial charge on any atom is 0.247 e. The Morgan fingerprint density at radius 2 is 1.94 bits per heavy atom. The summed E-state index contributed by atoms with van der Waals surface area (Å²) >= 11 is 0. The SMILES string of the molecule is COc1ccc(CC(NC(=O)[C@@H]2C[C@@H](NC(=O)CN)CN2)C(=O)Nc2cnc3ccccc3c2)cc1. The molecule has 36 heavy (non-hydrogen) atoms. The molecule has 10 nitrogen and oxygen atoms in total. The van der Waals surface area contributed by atoms with Crippen molar-refractivity contribution >= 4 is 34.3 Å². The molecule has 3 aromatic rings. The first-order valence-corrected chi connectivity index (χ1v) is 11.8. The predicted molar refractivity (Wildman–Crippen MR) is 136 cm³/mol. The van der Waals surface area contributed by atoms with E-state index in [1.807, 2.05) is 54.6 Å². The Labute approximate surface area is 209 Å². The summed E-state index contributed by atoms with van der Waals surface area (Å²) < 4.78 is 5.21. The second kappa shape index (κ2) is 11.6. The quantitative estimate of drug-likeness (QED) is 0.297. The number of para-hydroxylation sites is 1. The molecule has 0 saturated carbocycles. The number of anilines is 1. The third-order valence-corrected chi connectivity index (χ3v) is 6.09. The molecule has 188 valence electrons. The van der Waals surface area contributed by atoms with E-state index in [0.29, 0.717) is 24.4 Å². The van der Waals surface area contributed by atoms with Crippen LogP contribution in [0.5, 0.6) is 5.75 Å². The van der Waals surface area contributed by atoms with Gasteiger partial charge in [-0.3, -0.25) is 19.4 Å². The molecule has 10 heteroatoms. The van der Waals surface area contributed by atoms with Crippen LogP contribution in [-0.4, -0.2) is 61.0 Å². The normalized spacial score (nSPS) is 17.8. The van der Waals surface area contributed by atoms with Gasteiger partial charge < -0.3 is 31.7 Å². The average Bonchev–Trinajstić information content (AvgIpc) is 3.37. The van der Waals surface area contributed by atoms with Crippen LogP contribution in [-0.2, 0) is 20.8 Å². The van der Waals surface area contributed by atoms with Gasteiger partial charge in [-0.1, -0.05) is 30.3 Å². The number of aromatic nitrogens is 1. The number of nitrogens with zero attached hydrogens (tertiary/aromatic N) is 1. The number of nitrogens with two attached hydrogens (primary N) is 1. The monoisotopic (exact) mass is 490 g/mol. The Kier molecular flexibility index (Phi) is 8.09. The van der Waals surface area contributed by atoms with Crippen molar-refractivity contribution in [2.75, 3.05) is 25.5 Å². The zero-order valence-corrected chi connectivity index (χ0v) is 20.0. The molecule has 6 N–H and O–H groups in total. The van der Waals surface area contributed by atoms with Crippen molar-refractivity contribution in [1.29, 1.82) is 0 Å². The fourth-order valence-electron chi connectivity index (χ4n) is 4.18. The van der Waals surface area contributed by atoms with Gasteiger partial charge in [0, 0.05) is 24.4 Å². The lowest BCUT2D eigenvalue weighted by atomic mass is 10.0. The van der Waals surface area contributed by atoms with Gasteiger partial charge in [0.15, 0.2) is 0 Å². The highest BCUT2D eigenvalue weighted by atomic mass is 16.5. The lowest BCUT2D eigenvalue weighted by Crippen LogP contribution is -2.50. The van der Waals surface area contributed by atoms with Crippen LogP contribution in [0.2, 0.25) is 0 Å². The lowest BCUT2D eigenvalue weighted by Gasteiger charge is -2.21. The van der Waals surface area contributed by atoms with Gasteiger partial charge in [-0.2, -0.15) is 0 Å². The topological polar surface area (TPSA) is 147 Å². The first-order chi connectivity index (χ1) is 17.4. The number of carbonyl (C=O) groups is 3. The molecule has 1 unspecified atom stereocenters. The fourth-order valence-corrected chi connectivity index (χ4v) is 4.18. The molecular weight excluding hydrogens is 460 g/mol. The van der Waals surface area contributed by atoms with Gasteiger partial charge >= 0.3 is 0 Å². The number of ether oxygens (including phenoxy) is 1. The second-order valence-electron chi connectivity index (χ2n) is 8.68. The first kappa shape index (κ1) is 25.1. The molecule has 1 aliphatic heterocycles. The number of benzene rings is 2. The largest absolute Gasteiger partial charge is 0.497 e. The Balaban J connectivity index is 1.47. The van der Waals surface area contributed by atoms with Gasteiger partial charge in [0.1, 0.15) is 11.8 Å². The number of hydrogen-bond donors (Lipinski definition) is 5. The van der Waals surface area contributed by atoms with Crippen LogP contribution in [0.3, 0.4) is 0 Å². The maximum atomic E-state index is 13.3. The van der Waals surface area contributed by atoms with Crippen LogP contribution in [0.25, 0.3) is 10.9 Å². The molecule has 0 bridgehead atoms. The number of methoxy groups -OCH3 is 1. The van der Waals surface area contributed by atoms with E-state index < -0.39 is 12.1 Å². The smallest absolute Gasteiger partial charge is 0.247 e. The average molecular weight is 491 g/mol. The van der Waals surface area contributed by atoms with Crippen LogP contribution in [0, 0.1) is 0 Å². The van der Waals surface area contributed by atoms with Crippen molar-refractivity contribution in [2.45, 2.75) is 31.0 Å². The summed E-state index contributed by atoms with van der Waals surface area (Å²) in [4.78, 5) is 42.3. The molecular formula is C26H30N6O4. The Morgan fingerprint density at radius 3 is 2.69 bits per heavy atom. The van der Waals surface area contributed by atoms with E-state index in [4.69, 9.17) is 10.5 Å². The summed E-state index contributed by atoms with van der Waals surface area (Å²) in [5, 5.41) is 12.5. The van der Waals surface area contributed by atoms with E-state index in [0.717, 1.165) is 16.5 Å². The van der Waals surface area contributed by atoms with Crippen molar-refractivity contribution in [1.82, 2.24) is 20.9 Å². The molecule has 3 atom stereocenters. The zero-order chi connectivity index (χ0) is 25.5. The zero-order valence-electron chi connectivity index (χ0n) is 20.0. The number of carbonyl (C=O) groups excluding carboxylic acids is 3. The van der Waals surface area contributed by atoms with Crippen molar-refractivity contribution in [2.24, 2.45) is 5.73 Å². The van der Waals surface area contributed by atoms with Gasteiger partial charge in [0.2, 0.25) is 17.7 Å². The molecule has 3 amide bonds. The highest BCUT2D eigenvalue weighted by Gasteiger charge is 2.32. The summed E-state index contributed by atoms with van der Waals surface area (Å²) in [5.41, 5.74) is 7.58. The minimum Gasteiger partial charge on any atom is -0.497 e. The van der Waals surface area contributed by atoms with Gasteiger partial charge in [-0.15, -0.1) is 0 Å². The van der Waals surface area contributed by atoms with Crippen molar-refractivity contribution < 1.29 is 19.1 Å². The van der Waals surface area contributed by atoms with Crippen molar-refractivity contribution in [3.05, 3.63) is 66.4 Å². The number of rotatable bonds is 9. The number of nitrogens with one attached hydrogen (secondary N) is 4. The van der Waals surface area contributed by atoms with Gasteiger partial charge in [0.25, 0.3) is 0 Å². The van der Waals surface area contributed by atoms with Gasteiger partial charge in [-0.25, -0.2) is 0 Å². The Morgan fingerprint density at radius 1 is 1.17 bits per heavy atom. The highest BCUT2D eigenvalue weighted by Crippen LogP contribution is 2.18. The van der Waals surface area contributed by atoms with Crippen LogP contribution in [0.1, 0.15) is 12.0 Å². The first-order valence-electron chi connectivity index (χ1n) is 11.8. The molecule has 2 aromatic carbocycles. The third-order valence-electron chi connectivity index (χ3n) is 6.09. The number of fused-ring (bicyclic) bond motifs is 1. The molecule has 1 fully saturated rings. The molecule has 1 aliphatic rings. The summed E-state index contributed by atoms with van der Waals surface area (Å²) in [6, 6.07) is 15.2. The molecule has 0 spiro atoms. The second-order valence-corrected chi connectivity index (χ2v) is 8.68. The summed E-state index contributed by atoms with van der Waals surface area (Å²) in [6.07, 6.45) is 2.28. The van der Waals surface area contributed by atoms with Gasteiger partial charge in [0.05, 0.1) is 37.1 Å². The number of amides is 3. The standard InChI is InChI=1S/C26H30N6O4/c1-36-20-8-6-16(7-9-20)10-23(32-25(34)22-12-19(15-29-22)30-24(33)13-27)26(35)31-18-11-17-4-2-3-5-21(17)28-14-18/h2-9,11,14,19,22-23,29H,10,12-13,15,27H2,1H3,(H,30,33)(H,31,35)(H,32,34)/t19-,22+,23?/m1/s1. The van der Waals surface area contributed by atoms with Crippen molar-refractivity contribution in [3.8, 4) is 5.75 Å². The molecule has 4 rings (SSSR count). The van der Waals surface area contributed by atoms with Crippen LogP contribution >= 0.6 is 0 Å². The molecule has 0 aliphatic carbocycles. The Bertz CT molecular complexity index is 1230. The lowest BCUT2D eigenvalue weighted by molar-refractivity contribution is -0.127. The van der Waals surface area contributed by atoms with Crippen LogP contribution < -0.4 is 31.7 Å². The molecule has 0 radical (unpaired) electrons. The van der Waals surface area contributed by atoms with E-state index in [1.54, 1.807) is 13.3 Å². The van der Waals surface area contributed by atoms with E-state index in [1.165, 1.54) is 0 Å². The van der Waals surface area contributed by atoms with E-state index in [9.17, 15) is 14.4 Å². The fraction of sp³-hybridized carbons (Fsp3) is 0.308. The van der Waals surface area contributed by atoms with E-state index in [2.05, 4.69) is 26.3 Å². The number of pyridine rings is 1. The molecule has 1 saturated heterocycles. The predicted octanol–water partition coefficient (Wildman–Crippen LogP) is 0.715. The van der Waals surface area contributed by atoms with Crippen LogP contribution in [0.4, 0.5) is 5.69 Å². The number of hydrogen-bond acceptors (Lipinski definition) is 7. The molecule has 1 aromatic heterocycles. The summed E-state index contributed by atoms with van der Waals surface area (Å²) in [7, 11) is 1.58. The summed E-state index contributed by atoms with van der Waals surface area (Å²) in [5.74, 6) is -0.248. The maximum absolute atomic E-state index is 13.3. The minimum absolute atomic E-state index is 0.110. The molecule has 2 heterocycles. The summed E-state index contributed by atoms with van der Waals surface area (Å²) in [6.45, 7) is 0.336. The third kappa shape index (κ3) is 6.35. The minimum atomic E-state index is -0.836. The Hall–Kier alpha value is -4.02. The van der Waals surface area contributed by atoms with Gasteiger partial charge in [-0.05, 0) is 36.2 Å². The van der Waals surface area contributed by atoms with Crippen molar-refractivity contribution in [3.63, 3.8) is 0 Å². The van der Waals surface area contributed by atoms with E-state index >= 15 is 0 Å². The van der Waals surface area contributed by atoms with Crippen LogP contribution in [0.15, 0.2) is 60.8 Å². The highest BCUT2D eigenvalue weighted by molar-refractivity contribution is 5.99. The van der Waals surface area contributed by atoms with E-state index in [-0.39, 0.29) is 36.7 Å².